The Bertz CT molecular complexity index is 513. The van der Waals surface area contributed by atoms with Crippen molar-refractivity contribution in [1.82, 2.24) is 0 Å². The van der Waals surface area contributed by atoms with Crippen LogP contribution < -0.4 is 10.5 Å². The second-order valence-electron chi connectivity index (χ2n) is 4.95. The molecule has 0 amide bonds. The van der Waals surface area contributed by atoms with Crippen molar-refractivity contribution in [3.8, 4) is 5.75 Å². The number of nitro benzene ring substituents is 1. The molecule has 1 fully saturated rings. The van der Waals surface area contributed by atoms with Gasteiger partial charge in [-0.15, -0.1) is 0 Å². The molecular formula is C13H16ClFN2O3. The third kappa shape index (κ3) is 3.37. The predicted molar refractivity (Wildman–Crippen MR) is 73.5 cm³/mol. The van der Waals surface area contributed by atoms with Crippen LogP contribution in [0.4, 0.5) is 10.1 Å². The van der Waals surface area contributed by atoms with Crippen LogP contribution in [0.5, 0.6) is 5.75 Å². The summed E-state index contributed by atoms with van der Waals surface area (Å²) < 4.78 is 19.1. The molecule has 1 saturated carbocycles. The van der Waals surface area contributed by atoms with E-state index in [1.54, 1.807) is 0 Å². The van der Waals surface area contributed by atoms with Crippen LogP contribution in [0.3, 0.4) is 0 Å². The maximum atomic E-state index is 13.5. The van der Waals surface area contributed by atoms with Crippen LogP contribution in [0.25, 0.3) is 0 Å². The van der Waals surface area contributed by atoms with Crippen LogP contribution in [0.1, 0.15) is 32.1 Å². The van der Waals surface area contributed by atoms with E-state index >= 15 is 0 Å². The fourth-order valence-corrected chi connectivity index (χ4v) is 2.52. The Balaban J connectivity index is 2.27. The van der Waals surface area contributed by atoms with Crippen molar-refractivity contribution in [1.29, 1.82) is 0 Å². The Morgan fingerprint density at radius 2 is 2.05 bits per heavy atom. The normalized spacial score (nSPS) is 23.1. The molecule has 0 radical (unpaired) electrons. The predicted octanol–water partition coefficient (Wildman–Crippen LogP) is 3.43. The molecule has 0 saturated heterocycles. The summed E-state index contributed by atoms with van der Waals surface area (Å²) >= 11 is 5.57. The van der Waals surface area contributed by atoms with Gasteiger partial charge in [0.15, 0.2) is 5.75 Å². The number of hydrogen-bond acceptors (Lipinski definition) is 4. The Morgan fingerprint density at radius 1 is 1.35 bits per heavy atom. The molecule has 0 aliphatic heterocycles. The molecular weight excluding hydrogens is 287 g/mol. The molecule has 110 valence electrons. The topological polar surface area (TPSA) is 78.4 Å². The molecule has 1 aliphatic carbocycles. The third-order valence-corrected chi connectivity index (χ3v) is 3.77. The van der Waals surface area contributed by atoms with E-state index in [0.29, 0.717) is 6.42 Å². The number of nitrogens with two attached hydrogens (primary N) is 1. The van der Waals surface area contributed by atoms with Crippen molar-refractivity contribution in [2.45, 2.75) is 44.2 Å². The standard InChI is InChI=1S/C13H16ClFN2O3/c14-8-6-11(17(18)19)13(7-9(8)15)20-12-5-3-1-2-4-10(12)16/h6-7,10,12H,1-5,16H2. The average Bonchev–Trinajstić information content (AvgIpc) is 2.59. The van der Waals surface area contributed by atoms with Crippen LogP contribution in [-0.2, 0) is 0 Å². The Morgan fingerprint density at radius 3 is 2.75 bits per heavy atom. The zero-order chi connectivity index (χ0) is 14.7. The van der Waals surface area contributed by atoms with Gasteiger partial charge in [0.05, 0.1) is 9.95 Å². The smallest absolute Gasteiger partial charge is 0.312 e. The lowest BCUT2D eigenvalue weighted by Crippen LogP contribution is -2.38. The average molecular weight is 303 g/mol. The van der Waals surface area contributed by atoms with Crippen molar-refractivity contribution >= 4 is 17.3 Å². The zero-order valence-electron chi connectivity index (χ0n) is 10.9. The molecule has 20 heavy (non-hydrogen) atoms. The van der Waals surface area contributed by atoms with Gasteiger partial charge in [0.2, 0.25) is 0 Å². The van der Waals surface area contributed by atoms with Crippen LogP contribution in [0, 0.1) is 15.9 Å². The van der Waals surface area contributed by atoms with Crippen LogP contribution in [0.15, 0.2) is 12.1 Å². The highest BCUT2D eigenvalue weighted by Crippen LogP contribution is 2.34. The van der Waals surface area contributed by atoms with Gasteiger partial charge in [-0.1, -0.05) is 24.4 Å². The number of nitro groups is 1. The molecule has 2 rings (SSSR count). The minimum atomic E-state index is -0.741. The molecule has 1 aromatic carbocycles. The van der Waals surface area contributed by atoms with E-state index in [-0.39, 0.29) is 28.6 Å². The lowest BCUT2D eigenvalue weighted by atomic mass is 10.1. The first-order valence-electron chi connectivity index (χ1n) is 6.54. The highest BCUT2D eigenvalue weighted by atomic mass is 35.5. The first kappa shape index (κ1) is 15.0. The first-order valence-corrected chi connectivity index (χ1v) is 6.92. The van der Waals surface area contributed by atoms with Crippen molar-refractivity contribution < 1.29 is 14.1 Å². The van der Waals surface area contributed by atoms with Crippen LogP contribution >= 0.6 is 11.6 Å². The van der Waals surface area contributed by atoms with Gasteiger partial charge in [0.25, 0.3) is 0 Å². The fraction of sp³-hybridized carbons (Fsp3) is 0.538. The molecule has 0 spiro atoms. The van der Waals surface area contributed by atoms with E-state index in [1.807, 2.05) is 0 Å². The number of benzene rings is 1. The number of rotatable bonds is 3. The quantitative estimate of drug-likeness (QED) is 0.527. The summed E-state index contributed by atoms with van der Waals surface area (Å²) in [7, 11) is 0. The van der Waals surface area contributed by atoms with Gasteiger partial charge in [-0.2, -0.15) is 0 Å². The molecule has 5 nitrogen and oxygen atoms in total. The lowest BCUT2D eigenvalue weighted by molar-refractivity contribution is -0.386. The monoisotopic (exact) mass is 302 g/mol. The van der Waals surface area contributed by atoms with Gasteiger partial charge in [-0.05, 0) is 19.3 Å². The summed E-state index contributed by atoms with van der Waals surface area (Å²) in [6.45, 7) is 0. The van der Waals surface area contributed by atoms with E-state index in [4.69, 9.17) is 22.1 Å². The van der Waals surface area contributed by atoms with E-state index in [0.717, 1.165) is 37.8 Å². The van der Waals surface area contributed by atoms with Crippen LogP contribution in [-0.4, -0.2) is 17.1 Å². The summed E-state index contributed by atoms with van der Waals surface area (Å²) in [4.78, 5) is 10.4. The zero-order valence-corrected chi connectivity index (χ0v) is 11.6. The second kappa shape index (κ2) is 6.37. The van der Waals surface area contributed by atoms with Gasteiger partial charge < -0.3 is 10.5 Å². The van der Waals surface area contributed by atoms with E-state index in [1.165, 1.54) is 0 Å². The summed E-state index contributed by atoms with van der Waals surface area (Å²) in [6.07, 6.45) is 4.19. The summed E-state index contributed by atoms with van der Waals surface area (Å²) in [5.74, 6) is -0.853. The number of ether oxygens (including phenoxy) is 1. The largest absolute Gasteiger partial charge is 0.482 e. The lowest BCUT2D eigenvalue weighted by Gasteiger charge is -2.22. The second-order valence-corrected chi connectivity index (χ2v) is 5.36. The molecule has 7 heteroatoms. The minimum Gasteiger partial charge on any atom is -0.482 e. The van der Waals surface area contributed by atoms with Gasteiger partial charge in [-0.25, -0.2) is 4.39 Å². The minimum absolute atomic E-state index is 0.112. The molecule has 1 aliphatic rings. The molecule has 0 aromatic heterocycles. The summed E-state index contributed by atoms with van der Waals surface area (Å²) in [5, 5.41) is 10.7. The van der Waals surface area contributed by atoms with Gasteiger partial charge in [0, 0.05) is 18.2 Å². The van der Waals surface area contributed by atoms with E-state index in [2.05, 4.69) is 0 Å². The Labute approximate surface area is 121 Å². The molecule has 1 aromatic rings. The molecule has 2 atom stereocenters. The molecule has 2 N–H and O–H groups in total. The Kier molecular flexibility index (Phi) is 4.77. The number of hydrogen-bond donors (Lipinski definition) is 1. The Hall–Kier alpha value is -1.40. The highest BCUT2D eigenvalue weighted by molar-refractivity contribution is 6.31. The van der Waals surface area contributed by atoms with Crippen molar-refractivity contribution in [2.24, 2.45) is 5.73 Å². The number of halogens is 2. The maximum absolute atomic E-state index is 13.5. The van der Waals surface area contributed by atoms with Crippen molar-refractivity contribution in [2.75, 3.05) is 0 Å². The SMILES string of the molecule is NC1CCCCCC1Oc1cc(F)c(Cl)cc1[N+](=O)[O-]. The summed E-state index contributed by atoms with van der Waals surface area (Å²) in [5.41, 5.74) is 5.67. The first-order chi connectivity index (χ1) is 9.49. The van der Waals surface area contributed by atoms with E-state index in [9.17, 15) is 14.5 Å². The van der Waals surface area contributed by atoms with Crippen molar-refractivity contribution in [3.05, 3.63) is 33.1 Å². The molecule has 0 heterocycles. The van der Waals surface area contributed by atoms with Gasteiger partial charge in [-0.3, -0.25) is 10.1 Å². The highest BCUT2D eigenvalue weighted by Gasteiger charge is 2.26. The van der Waals surface area contributed by atoms with Gasteiger partial charge in [0.1, 0.15) is 11.9 Å². The van der Waals surface area contributed by atoms with Gasteiger partial charge >= 0.3 is 5.69 Å². The van der Waals surface area contributed by atoms with E-state index < -0.39 is 10.7 Å². The molecule has 2 unspecified atom stereocenters. The maximum Gasteiger partial charge on any atom is 0.312 e. The fourth-order valence-electron chi connectivity index (χ4n) is 2.37. The van der Waals surface area contributed by atoms with Crippen molar-refractivity contribution in [3.63, 3.8) is 0 Å². The summed E-state index contributed by atoms with van der Waals surface area (Å²) in [6, 6.07) is 1.72. The van der Waals surface area contributed by atoms with Crippen LogP contribution in [0.2, 0.25) is 5.02 Å². The molecule has 0 bridgehead atoms. The third-order valence-electron chi connectivity index (χ3n) is 3.48. The number of nitrogens with zero attached hydrogens (tertiary/aromatic N) is 1.